The molecule has 0 aliphatic heterocycles. The van der Waals surface area contributed by atoms with Gasteiger partial charge in [-0.15, -0.1) is 0 Å². The van der Waals surface area contributed by atoms with Gasteiger partial charge in [-0.3, -0.25) is 0 Å². The van der Waals surface area contributed by atoms with Crippen LogP contribution in [0.1, 0.15) is 18.1 Å². The maximum absolute atomic E-state index is 5.71. The molecule has 1 atom stereocenters. The van der Waals surface area contributed by atoms with E-state index in [0.717, 1.165) is 0 Å². The van der Waals surface area contributed by atoms with Crippen LogP contribution >= 0.6 is 0 Å². The van der Waals surface area contributed by atoms with Gasteiger partial charge in [-0.25, -0.2) is 0 Å². The third kappa shape index (κ3) is 5.25. The molecule has 20 heavy (non-hydrogen) atoms. The Hall–Kier alpha value is -2.12. The van der Waals surface area contributed by atoms with Gasteiger partial charge in [-0.05, 0) is 18.1 Å². The second-order valence-corrected chi connectivity index (χ2v) is 4.62. The molecule has 0 heterocycles. The standard InChI is InChI=1S/C19H20O/c1-17(14-15-19-11-6-3-7-12-19)20-16-8-13-18-9-4-2-5-10-18/h2-15,17H,16H2,1H3/b13-8+,15-14+. The minimum Gasteiger partial charge on any atom is -0.370 e. The number of hydrogen-bond acceptors (Lipinski definition) is 1. The Labute approximate surface area is 121 Å². The van der Waals surface area contributed by atoms with E-state index in [1.807, 2.05) is 42.5 Å². The fourth-order valence-electron chi connectivity index (χ4n) is 1.82. The van der Waals surface area contributed by atoms with E-state index < -0.39 is 0 Å². The molecule has 0 saturated heterocycles. The van der Waals surface area contributed by atoms with Gasteiger partial charge in [-0.2, -0.15) is 0 Å². The lowest BCUT2D eigenvalue weighted by molar-refractivity contribution is 0.124. The van der Waals surface area contributed by atoms with Crippen LogP contribution in [0, 0.1) is 0 Å². The minimum atomic E-state index is 0.107. The molecule has 2 rings (SSSR count). The van der Waals surface area contributed by atoms with Crippen molar-refractivity contribution in [2.45, 2.75) is 13.0 Å². The number of ether oxygens (including phenoxy) is 1. The molecule has 0 N–H and O–H groups in total. The third-order valence-electron chi connectivity index (χ3n) is 2.92. The average molecular weight is 264 g/mol. The molecule has 102 valence electrons. The fraction of sp³-hybridized carbons (Fsp3) is 0.158. The number of benzene rings is 2. The average Bonchev–Trinajstić information content (AvgIpc) is 2.52. The Kier molecular flexibility index (Phi) is 5.81. The van der Waals surface area contributed by atoms with E-state index in [9.17, 15) is 0 Å². The van der Waals surface area contributed by atoms with E-state index in [4.69, 9.17) is 4.74 Å². The van der Waals surface area contributed by atoms with E-state index in [1.165, 1.54) is 11.1 Å². The predicted octanol–water partition coefficient (Wildman–Crippen LogP) is 4.82. The first-order valence-corrected chi connectivity index (χ1v) is 6.91. The van der Waals surface area contributed by atoms with Crippen LogP contribution < -0.4 is 0 Å². The normalized spacial score (nSPS) is 13.1. The topological polar surface area (TPSA) is 9.23 Å². The van der Waals surface area contributed by atoms with Crippen LogP contribution in [0.2, 0.25) is 0 Å². The van der Waals surface area contributed by atoms with Gasteiger partial charge in [0.25, 0.3) is 0 Å². The maximum Gasteiger partial charge on any atom is 0.0735 e. The van der Waals surface area contributed by atoms with Crippen molar-refractivity contribution in [1.82, 2.24) is 0 Å². The van der Waals surface area contributed by atoms with Crippen LogP contribution in [0.25, 0.3) is 12.2 Å². The van der Waals surface area contributed by atoms with Gasteiger partial charge in [0.05, 0.1) is 12.7 Å². The summed E-state index contributed by atoms with van der Waals surface area (Å²) in [6, 6.07) is 20.5. The SMILES string of the molecule is CC(/C=C/c1ccccc1)OC/C=C/c1ccccc1. The van der Waals surface area contributed by atoms with Crippen molar-refractivity contribution < 1.29 is 4.74 Å². The van der Waals surface area contributed by atoms with Crippen molar-refractivity contribution in [1.29, 1.82) is 0 Å². The molecule has 0 spiro atoms. The van der Waals surface area contributed by atoms with E-state index >= 15 is 0 Å². The first-order valence-electron chi connectivity index (χ1n) is 6.91. The van der Waals surface area contributed by atoms with Crippen LogP contribution in [-0.2, 0) is 4.74 Å². The first-order chi connectivity index (χ1) is 9.84. The summed E-state index contributed by atoms with van der Waals surface area (Å²) in [5.74, 6) is 0. The molecule has 2 aromatic rings. The lowest BCUT2D eigenvalue weighted by Crippen LogP contribution is -2.03. The van der Waals surface area contributed by atoms with Gasteiger partial charge in [0.15, 0.2) is 0 Å². The quantitative estimate of drug-likeness (QED) is 0.727. The molecule has 0 aliphatic carbocycles. The van der Waals surface area contributed by atoms with Gasteiger partial charge < -0.3 is 4.74 Å². The highest BCUT2D eigenvalue weighted by Crippen LogP contribution is 2.04. The van der Waals surface area contributed by atoms with E-state index in [-0.39, 0.29) is 6.10 Å². The molecule has 0 fully saturated rings. The summed E-state index contributed by atoms with van der Waals surface area (Å²) in [5, 5.41) is 0. The summed E-state index contributed by atoms with van der Waals surface area (Å²) in [7, 11) is 0. The monoisotopic (exact) mass is 264 g/mol. The van der Waals surface area contributed by atoms with Crippen molar-refractivity contribution in [2.75, 3.05) is 6.61 Å². The molecule has 1 unspecified atom stereocenters. The minimum absolute atomic E-state index is 0.107. The molecule has 0 saturated carbocycles. The van der Waals surface area contributed by atoms with Gasteiger partial charge in [-0.1, -0.05) is 85.0 Å². The largest absolute Gasteiger partial charge is 0.370 e. The molecule has 0 radical (unpaired) electrons. The summed E-state index contributed by atoms with van der Waals surface area (Å²) in [5.41, 5.74) is 2.39. The predicted molar refractivity (Wildman–Crippen MR) is 86.4 cm³/mol. The summed E-state index contributed by atoms with van der Waals surface area (Å²) in [6.45, 7) is 2.67. The van der Waals surface area contributed by atoms with Crippen LogP contribution in [0.15, 0.2) is 72.8 Å². The zero-order valence-electron chi connectivity index (χ0n) is 11.8. The highest BCUT2D eigenvalue weighted by atomic mass is 16.5. The second kappa shape index (κ2) is 8.13. The zero-order valence-corrected chi connectivity index (χ0v) is 11.8. The van der Waals surface area contributed by atoms with Crippen molar-refractivity contribution >= 4 is 12.2 Å². The van der Waals surface area contributed by atoms with Crippen LogP contribution in [-0.4, -0.2) is 12.7 Å². The zero-order chi connectivity index (χ0) is 14.0. The fourth-order valence-corrected chi connectivity index (χ4v) is 1.82. The van der Waals surface area contributed by atoms with E-state index in [0.29, 0.717) is 6.61 Å². The Balaban J connectivity index is 1.74. The Morgan fingerprint density at radius 3 is 2.00 bits per heavy atom. The molecule has 0 aliphatic rings. The Morgan fingerprint density at radius 1 is 0.850 bits per heavy atom. The lowest BCUT2D eigenvalue weighted by Gasteiger charge is -2.05. The van der Waals surface area contributed by atoms with Crippen LogP contribution in [0.5, 0.6) is 0 Å². The molecule has 1 heteroatoms. The van der Waals surface area contributed by atoms with Gasteiger partial charge in [0.1, 0.15) is 0 Å². The summed E-state index contributed by atoms with van der Waals surface area (Å²) in [6.07, 6.45) is 8.39. The smallest absolute Gasteiger partial charge is 0.0735 e. The lowest BCUT2D eigenvalue weighted by atomic mass is 10.2. The van der Waals surface area contributed by atoms with Gasteiger partial charge in [0.2, 0.25) is 0 Å². The molecule has 0 bridgehead atoms. The first kappa shape index (κ1) is 14.3. The van der Waals surface area contributed by atoms with Crippen molar-refractivity contribution in [2.24, 2.45) is 0 Å². The highest BCUT2D eigenvalue weighted by Gasteiger charge is 1.94. The molecule has 1 nitrogen and oxygen atoms in total. The summed E-state index contributed by atoms with van der Waals surface area (Å²) in [4.78, 5) is 0. The summed E-state index contributed by atoms with van der Waals surface area (Å²) >= 11 is 0. The van der Waals surface area contributed by atoms with E-state index in [1.54, 1.807) is 0 Å². The van der Waals surface area contributed by atoms with Crippen LogP contribution in [0.4, 0.5) is 0 Å². The second-order valence-electron chi connectivity index (χ2n) is 4.62. The Morgan fingerprint density at radius 2 is 1.40 bits per heavy atom. The van der Waals surface area contributed by atoms with Crippen molar-refractivity contribution in [3.05, 3.63) is 83.9 Å². The number of rotatable bonds is 6. The number of hydrogen-bond donors (Lipinski definition) is 0. The van der Waals surface area contributed by atoms with Gasteiger partial charge >= 0.3 is 0 Å². The van der Waals surface area contributed by atoms with E-state index in [2.05, 4.69) is 49.4 Å². The third-order valence-corrected chi connectivity index (χ3v) is 2.92. The molecular formula is C19H20O. The van der Waals surface area contributed by atoms with Crippen molar-refractivity contribution in [3.63, 3.8) is 0 Å². The van der Waals surface area contributed by atoms with Crippen LogP contribution in [0.3, 0.4) is 0 Å². The van der Waals surface area contributed by atoms with Gasteiger partial charge in [0, 0.05) is 0 Å². The summed E-state index contributed by atoms with van der Waals surface area (Å²) < 4.78 is 5.71. The van der Waals surface area contributed by atoms with Crippen molar-refractivity contribution in [3.8, 4) is 0 Å². The maximum atomic E-state index is 5.71. The molecule has 2 aromatic carbocycles. The highest BCUT2D eigenvalue weighted by molar-refractivity contribution is 5.49. The molecule has 0 amide bonds. The Bertz CT molecular complexity index is 540. The molecular weight excluding hydrogens is 244 g/mol. The molecule has 0 aromatic heterocycles.